The molecule has 1 N–H and O–H groups in total. The van der Waals surface area contributed by atoms with Gasteiger partial charge >= 0.3 is 0 Å². The van der Waals surface area contributed by atoms with Gasteiger partial charge in [0.05, 0.1) is 11.5 Å². The third-order valence-corrected chi connectivity index (χ3v) is 6.44. The van der Waals surface area contributed by atoms with Crippen LogP contribution in [0.25, 0.3) is 21.6 Å². The van der Waals surface area contributed by atoms with Crippen LogP contribution < -0.4 is 5.32 Å². The lowest BCUT2D eigenvalue weighted by Crippen LogP contribution is -2.19. The maximum atomic E-state index is 5.78. The molecule has 0 saturated carbocycles. The number of rotatable bonds is 4. The minimum absolute atomic E-state index is 0.288. The van der Waals surface area contributed by atoms with Gasteiger partial charge in [-0.1, -0.05) is 0 Å². The van der Waals surface area contributed by atoms with E-state index in [2.05, 4.69) is 10.3 Å². The number of pyridine rings is 1. The molecular formula is C20H22N4OS. The first-order chi connectivity index (χ1) is 12.9. The summed E-state index contributed by atoms with van der Waals surface area (Å²) in [6, 6.07) is 3.95. The molecule has 5 nitrogen and oxygen atoms in total. The lowest BCUT2D eigenvalue weighted by molar-refractivity contribution is 0.120. The standard InChI is InChI=1S/C20H22N4OS/c1-2-8-16-15(7-1)17-19(22-12-14-6-4-10-25-14)23-18(24-20(17)26-16)13-5-3-9-21-11-13/h3,5,9,11,14H,1-2,4,6-8,10,12H2,(H,22,23,24)/t14-/m0/s1. The molecule has 3 aromatic rings. The summed E-state index contributed by atoms with van der Waals surface area (Å²) < 4.78 is 5.78. The van der Waals surface area contributed by atoms with Gasteiger partial charge in [-0.25, -0.2) is 9.97 Å². The molecule has 0 amide bonds. The molecule has 1 atom stereocenters. The largest absolute Gasteiger partial charge is 0.376 e. The summed E-state index contributed by atoms with van der Waals surface area (Å²) in [5.74, 6) is 1.71. The molecule has 134 valence electrons. The molecular weight excluding hydrogens is 344 g/mol. The monoisotopic (exact) mass is 366 g/mol. The van der Waals surface area contributed by atoms with Crippen molar-refractivity contribution < 1.29 is 4.74 Å². The maximum absolute atomic E-state index is 5.78. The quantitative estimate of drug-likeness (QED) is 0.749. The Balaban J connectivity index is 1.59. The molecule has 1 fully saturated rings. The summed E-state index contributed by atoms with van der Waals surface area (Å²) in [4.78, 5) is 16.6. The molecule has 5 rings (SSSR count). The van der Waals surface area contributed by atoms with Gasteiger partial charge in [0.15, 0.2) is 5.82 Å². The van der Waals surface area contributed by atoms with Gasteiger partial charge in [0.1, 0.15) is 10.6 Å². The van der Waals surface area contributed by atoms with Crippen LogP contribution in [0.15, 0.2) is 24.5 Å². The number of hydrogen-bond donors (Lipinski definition) is 1. The Morgan fingerprint density at radius 1 is 1.19 bits per heavy atom. The summed E-state index contributed by atoms with van der Waals surface area (Å²) in [6.45, 7) is 1.68. The number of aromatic nitrogens is 3. The highest BCUT2D eigenvalue weighted by atomic mass is 32.1. The van der Waals surface area contributed by atoms with E-state index in [0.717, 1.165) is 54.5 Å². The van der Waals surface area contributed by atoms with Gasteiger partial charge in [-0.15, -0.1) is 11.3 Å². The van der Waals surface area contributed by atoms with Crippen LogP contribution in [-0.4, -0.2) is 34.2 Å². The topological polar surface area (TPSA) is 59.9 Å². The lowest BCUT2D eigenvalue weighted by atomic mass is 9.97. The molecule has 3 aromatic heterocycles. The Morgan fingerprint density at radius 3 is 3.00 bits per heavy atom. The van der Waals surface area contributed by atoms with Crippen molar-refractivity contribution in [3.8, 4) is 11.4 Å². The molecule has 2 aliphatic rings. The van der Waals surface area contributed by atoms with Gasteiger partial charge in [0.25, 0.3) is 0 Å². The second-order valence-electron chi connectivity index (χ2n) is 7.04. The molecule has 0 aromatic carbocycles. The number of aryl methyl sites for hydroxylation is 2. The number of fused-ring (bicyclic) bond motifs is 3. The van der Waals surface area contributed by atoms with Crippen molar-refractivity contribution in [2.75, 3.05) is 18.5 Å². The Labute approximate surface area is 156 Å². The Hall–Kier alpha value is -2.05. The minimum Gasteiger partial charge on any atom is -0.376 e. The third-order valence-electron chi connectivity index (χ3n) is 5.26. The third kappa shape index (κ3) is 2.97. The van der Waals surface area contributed by atoms with E-state index in [1.807, 2.05) is 29.7 Å². The second-order valence-corrected chi connectivity index (χ2v) is 8.13. The van der Waals surface area contributed by atoms with Crippen molar-refractivity contribution in [2.24, 2.45) is 0 Å². The summed E-state index contributed by atoms with van der Waals surface area (Å²) in [5, 5.41) is 4.82. The first-order valence-electron chi connectivity index (χ1n) is 9.46. The molecule has 6 heteroatoms. The predicted octanol–water partition coefficient (Wildman–Crippen LogP) is 4.22. The van der Waals surface area contributed by atoms with E-state index in [4.69, 9.17) is 14.7 Å². The highest BCUT2D eigenvalue weighted by Crippen LogP contribution is 2.39. The van der Waals surface area contributed by atoms with Crippen LogP contribution in [0, 0.1) is 0 Å². The smallest absolute Gasteiger partial charge is 0.164 e. The molecule has 26 heavy (non-hydrogen) atoms. The molecule has 1 aliphatic carbocycles. The van der Waals surface area contributed by atoms with Crippen LogP contribution in [0.1, 0.15) is 36.1 Å². The zero-order valence-electron chi connectivity index (χ0n) is 14.7. The van der Waals surface area contributed by atoms with E-state index in [-0.39, 0.29) is 6.10 Å². The molecule has 0 radical (unpaired) electrons. The Kier molecular flexibility index (Phi) is 4.30. The fourth-order valence-corrected chi connectivity index (χ4v) is 5.19. The van der Waals surface area contributed by atoms with Crippen LogP contribution in [0.3, 0.4) is 0 Å². The number of thiophene rings is 1. The van der Waals surface area contributed by atoms with E-state index in [0.29, 0.717) is 0 Å². The van der Waals surface area contributed by atoms with Gasteiger partial charge < -0.3 is 10.1 Å². The molecule has 0 bridgehead atoms. The van der Waals surface area contributed by atoms with Crippen molar-refractivity contribution in [3.05, 3.63) is 35.0 Å². The lowest BCUT2D eigenvalue weighted by Gasteiger charge is -2.15. The van der Waals surface area contributed by atoms with E-state index in [9.17, 15) is 0 Å². The van der Waals surface area contributed by atoms with Crippen LogP contribution >= 0.6 is 11.3 Å². The second kappa shape index (κ2) is 6.93. The summed E-state index contributed by atoms with van der Waals surface area (Å²) in [5.41, 5.74) is 2.42. The summed E-state index contributed by atoms with van der Waals surface area (Å²) in [7, 11) is 0. The average molecular weight is 366 g/mol. The number of hydrogen-bond acceptors (Lipinski definition) is 6. The van der Waals surface area contributed by atoms with Gasteiger partial charge in [-0.2, -0.15) is 0 Å². The fourth-order valence-electron chi connectivity index (χ4n) is 3.93. The highest BCUT2D eigenvalue weighted by molar-refractivity contribution is 7.19. The Morgan fingerprint density at radius 2 is 2.15 bits per heavy atom. The van der Waals surface area contributed by atoms with Crippen molar-refractivity contribution in [2.45, 2.75) is 44.6 Å². The first kappa shape index (κ1) is 16.1. The van der Waals surface area contributed by atoms with E-state index in [1.54, 1.807) is 6.20 Å². The highest BCUT2D eigenvalue weighted by Gasteiger charge is 2.23. The summed E-state index contributed by atoms with van der Waals surface area (Å²) in [6.07, 6.45) is 11.0. The van der Waals surface area contributed by atoms with Crippen LogP contribution in [0.5, 0.6) is 0 Å². The van der Waals surface area contributed by atoms with E-state index < -0.39 is 0 Å². The van der Waals surface area contributed by atoms with Gasteiger partial charge in [0, 0.05) is 36.0 Å². The predicted molar refractivity (Wildman–Crippen MR) is 105 cm³/mol. The Bertz CT molecular complexity index is 918. The fraction of sp³-hybridized carbons (Fsp3) is 0.450. The zero-order chi connectivity index (χ0) is 17.3. The van der Waals surface area contributed by atoms with Crippen LogP contribution in [0.2, 0.25) is 0 Å². The SMILES string of the molecule is c1cncc(-c2nc(NC[C@@H]3CCCO3)c3c4c(sc3n2)CCCC4)c1. The molecule has 1 aliphatic heterocycles. The van der Waals surface area contributed by atoms with Gasteiger partial charge in [-0.05, 0) is 56.2 Å². The van der Waals surface area contributed by atoms with E-state index >= 15 is 0 Å². The average Bonchev–Trinajstić information content (AvgIpc) is 3.34. The number of ether oxygens (including phenoxy) is 1. The molecule has 0 unspecified atom stereocenters. The first-order valence-corrected chi connectivity index (χ1v) is 10.3. The van der Waals surface area contributed by atoms with Crippen molar-refractivity contribution in [1.82, 2.24) is 15.0 Å². The van der Waals surface area contributed by atoms with Crippen molar-refractivity contribution >= 4 is 27.4 Å². The molecule has 1 saturated heterocycles. The van der Waals surface area contributed by atoms with Crippen LogP contribution in [-0.2, 0) is 17.6 Å². The van der Waals surface area contributed by atoms with Crippen molar-refractivity contribution in [3.63, 3.8) is 0 Å². The normalized spacial score (nSPS) is 19.6. The van der Waals surface area contributed by atoms with Gasteiger partial charge in [0.2, 0.25) is 0 Å². The number of anilines is 1. The van der Waals surface area contributed by atoms with Crippen molar-refractivity contribution in [1.29, 1.82) is 0 Å². The summed E-state index contributed by atoms with van der Waals surface area (Å²) >= 11 is 1.84. The van der Waals surface area contributed by atoms with E-state index in [1.165, 1.54) is 35.1 Å². The van der Waals surface area contributed by atoms with Crippen LogP contribution in [0.4, 0.5) is 5.82 Å². The van der Waals surface area contributed by atoms with Gasteiger partial charge in [-0.3, -0.25) is 4.98 Å². The maximum Gasteiger partial charge on any atom is 0.164 e. The number of nitrogens with one attached hydrogen (secondary N) is 1. The zero-order valence-corrected chi connectivity index (χ0v) is 15.5. The number of nitrogens with zero attached hydrogens (tertiary/aromatic N) is 3. The molecule has 0 spiro atoms. The minimum atomic E-state index is 0.288. The molecule has 4 heterocycles.